The lowest BCUT2D eigenvalue weighted by Gasteiger charge is -2.28. The maximum Gasteiger partial charge on any atom is 0.424 e. The highest BCUT2D eigenvalue weighted by molar-refractivity contribution is 5.85. The summed E-state index contributed by atoms with van der Waals surface area (Å²) in [6, 6.07) is 25.5. The third kappa shape index (κ3) is 17.2. The standard InChI is InChI=1S/C50H68N6O13/c1-37(49(60)61)54(3)48(59)18-21-63-23-25-65-27-29-67-31-32-68-30-28-66-26-24-64-22-19-51-47(58)34-52-46(57)17-20-56-39(33-38-11-5-10-16-45(38)56)35-53(2)55(4)50(62)69-36-44-42-14-8-6-12-40(42)41-13-7-9-15-43(41)44/h5-16,33,37,44H,17-32,34-36H2,1-4H3,(H,51,58)(H,52,57)(H,60,61). The minimum atomic E-state index is -1.06. The van der Waals surface area contributed by atoms with Crippen LogP contribution >= 0.6 is 0 Å². The Labute approximate surface area is 403 Å². The first-order valence-corrected chi connectivity index (χ1v) is 23.3. The highest BCUT2D eigenvalue weighted by atomic mass is 16.6. The molecule has 1 aliphatic rings. The number of carbonyl (C=O) groups excluding carboxylic acids is 4. The fourth-order valence-electron chi connectivity index (χ4n) is 7.55. The Morgan fingerprint density at radius 1 is 0.652 bits per heavy atom. The van der Waals surface area contributed by atoms with Crippen LogP contribution < -0.4 is 10.6 Å². The third-order valence-electron chi connectivity index (χ3n) is 11.6. The van der Waals surface area contributed by atoms with E-state index in [1.165, 1.54) is 35.0 Å². The van der Waals surface area contributed by atoms with E-state index in [1.54, 1.807) is 12.1 Å². The number of rotatable bonds is 33. The first-order chi connectivity index (χ1) is 33.5. The number of aryl methyl sites for hydroxylation is 1. The van der Waals surface area contributed by atoms with E-state index in [-0.39, 0.29) is 69.4 Å². The molecule has 1 unspecified atom stereocenters. The molecule has 0 radical (unpaired) electrons. The minimum Gasteiger partial charge on any atom is -0.480 e. The maximum atomic E-state index is 13.3. The summed E-state index contributed by atoms with van der Waals surface area (Å²) in [6.45, 7) is 6.76. The Hall–Kier alpha value is -5.93. The predicted octanol–water partition coefficient (Wildman–Crippen LogP) is 3.91. The van der Waals surface area contributed by atoms with E-state index in [1.807, 2.05) is 55.6 Å². The van der Waals surface area contributed by atoms with Gasteiger partial charge in [0, 0.05) is 57.8 Å². The second kappa shape index (κ2) is 29.2. The molecule has 69 heavy (non-hydrogen) atoms. The van der Waals surface area contributed by atoms with Crippen LogP contribution in [0.4, 0.5) is 4.79 Å². The molecule has 19 heteroatoms. The first-order valence-electron chi connectivity index (χ1n) is 23.3. The molecule has 19 nitrogen and oxygen atoms in total. The number of aliphatic carboxylic acids is 1. The van der Waals surface area contributed by atoms with E-state index in [0.29, 0.717) is 79.2 Å². The lowest BCUT2D eigenvalue weighted by Crippen LogP contribution is -2.41. The molecule has 5 rings (SSSR count). The molecule has 1 atom stereocenters. The summed E-state index contributed by atoms with van der Waals surface area (Å²) in [6.07, 6.45) is -0.225. The second-order valence-corrected chi connectivity index (χ2v) is 16.3. The van der Waals surface area contributed by atoms with Crippen LogP contribution in [0.15, 0.2) is 78.9 Å². The van der Waals surface area contributed by atoms with Gasteiger partial charge in [0.1, 0.15) is 12.6 Å². The molecule has 3 aromatic carbocycles. The van der Waals surface area contributed by atoms with Crippen molar-refractivity contribution < 1.29 is 62.2 Å². The average molecular weight is 961 g/mol. The topological polar surface area (TPSA) is 209 Å². The fourth-order valence-corrected chi connectivity index (χ4v) is 7.55. The van der Waals surface area contributed by atoms with Gasteiger partial charge in [0.2, 0.25) is 17.7 Å². The van der Waals surface area contributed by atoms with Crippen molar-refractivity contribution in [2.24, 2.45) is 0 Å². The molecule has 0 bridgehead atoms. The molecule has 1 aliphatic carbocycles. The number of hydrogen-bond acceptors (Lipinski definition) is 13. The lowest BCUT2D eigenvalue weighted by atomic mass is 9.98. The molecule has 1 heterocycles. The summed E-state index contributed by atoms with van der Waals surface area (Å²) in [7, 11) is 4.95. The molecule has 376 valence electrons. The van der Waals surface area contributed by atoms with Crippen molar-refractivity contribution in [2.45, 2.75) is 44.8 Å². The molecule has 3 N–H and O–H groups in total. The number of hydrazine groups is 1. The molecule has 0 saturated heterocycles. The van der Waals surface area contributed by atoms with Gasteiger partial charge < -0.3 is 58.4 Å². The van der Waals surface area contributed by atoms with E-state index < -0.39 is 18.1 Å². The van der Waals surface area contributed by atoms with Gasteiger partial charge in [-0.3, -0.25) is 14.4 Å². The highest BCUT2D eigenvalue weighted by Crippen LogP contribution is 2.44. The van der Waals surface area contributed by atoms with Crippen LogP contribution in [0.1, 0.15) is 42.5 Å². The molecule has 1 aromatic heterocycles. The number of hydrogen-bond donors (Lipinski definition) is 3. The van der Waals surface area contributed by atoms with E-state index in [9.17, 15) is 24.0 Å². The Morgan fingerprint density at radius 2 is 1.17 bits per heavy atom. The number of fused-ring (bicyclic) bond motifs is 4. The maximum absolute atomic E-state index is 13.3. The van der Waals surface area contributed by atoms with Crippen LogP contribution in [0.25, 0.3) is 22.0 Å². The number of carbonyl (C=O) groups is 5. The van der Waals surface area contributed by atoms with Gasteiger partial charge >= 0.3 is 12.1 Å². The van der Waals surface area contributed by atoms with Gasteiger partial charge in [-0.25, -0.2) is 19.6 Å². The Balaban J connectivity index is 0.853. The smallest absolute Gasteiger partial charge is 0.424 e. The molecule has 0 fully saturated rings. The molecule has 4 amide bonds. The lowest BCUT2D eigenvalue weighted by molar-refractivity contribution is -0.148. The normalized spacial score (nSPS) is 12.4. The van der Waals surface area contributed by atoms with Crippen LogP contribution in [0.3, 0.4) is 0 Å². The van der Waals surface area contributed by atoms with Crippen molar-refractivity contribution >= 4 is 40.7 Å². The van der Waals surface area contributed by atoms with Crippen molar-refractivity contribution in [2.75, 3.05) is 120 Å². The van der Waals surface area contributed by atoms with Crippen LogP contribution in [-0.4, -0.2) is 181 Å². The van der Waals surface area contributed by atoms with E-state index >= 15 is 0 Å². The van der Waals surface area contributed by atoms with E-state index in [2.05, 4.69) is 45.5 Å². The van der Waals surface area contributed by atoms with Crippen LogP contribution in [-0.2, 0) is 65.4 Å². The van der Waals surface area contributed by atoms with Crippen LogP contribution in [0.2, 0.25) is 0 Å². The Kier molecular flexibility index (Phi) is 22.8. The number of carboxylic acid groups (broad SMARTS) is 1. The Morgan fingerprint density at radius 3 is 1.75 bits per heavy atom. The monoisotopic (exact) mass is 960 g/mol. The minimum absolute atomic E-state index is 0.0462. The van der Waals surface area contributed by atoms with Gasteiger partial charge in [0.05, 0.1) is 98.8 Å². The summed E-state index contributed by atoms with van der Waals surface area (Å²) < 4.78 is 40.7. The zero-order chi connectivity index (χ0) is 49.4. The number of para-hydroxylation sites is 1. The Bertz CT molecular complexity index is 2210. The molecular formula is C50H68N6O13. The van der Waals surface area contributed by atoms with E-state index in [0.717, 1.165) is 27.7 Å². The van der Waals surface area contributed by atoms with Crippen LogP contribution in [0.5, 0.6) is 0 Å². The SMILES string of the molecule is CC(C(=O)O)N(C)C(=O)CCOCCOCCOCCOCCOCCOCCNC(=O)CNC(=O)CCn1c(CN(C)N(C)C(=O)OCC2c3ccccc3-c3ccccc32)cc2ccccc21. The van der Waals surface area contributed by atoms with Gasteiger partial charge in [-0.2, -0.15) is 0 Å². The molecule has 4 aromatic rings. The van der Waals surface area contributed by atoms with Crippen LogP contribution in [0, 0.1) is 0 Å². The highest BCUT2D eigenvalue weighted by Gasteiger charge is 2.30. The number of benzene rings is 3. The second-order valence-electron chi connectivity index (χ2n) is 16.3. The fraction of sp³-hybridized carbons (Fsp3) is 0.500. The van der Waals surface area contributed by atoms with Gasteiger partial charge in [-0.15, -0.1) is 0 Å². The van der Waals surface area contributed by atoms with Gasteiger partial charge in [0.15, 0.2) is 0 Å². The number of ether oxygens (including phenoxy) is 7. The van der Waals surface area contributed by atoms with Crippen molar-refractivity contribution in [1.82, 2.24) is 30.1 Å². The molecule has 0 aliphatic heterocycles. The number of nitrogens with one attached hydrogen (secondary N) is 2. The van der Waals surface area contributed by atoms with Crippen molar-refractivity contribution in [3.05, 3.63) is 95.7 Å². The number of aromatic nitrogens is 1. The van der Waals surface area contributed by atoms with Gasteiger partial charge in [-0.1, -0.05) is 66.7 Å². The summed E-state index contributed by atoms with van der Waals surface area (Å²) in [5.74, 6) is -1.99. The zero-order valence-corrected chi connectivity index (χ0v) is 40.2. The van der Waals surface area contributed by atoms with Crippen molar-refractivity contribution in [3.63, 3.8) is 0 Å². The van der Waals surface area contributed by atoms with Gasteiger partial charge in [-0.05, 0) is 46.7 Å². The zero-order valence-electron chi connectivity index (χ0n) is 40.2. The molecule has 0 spiro atoms. The summed E-state index contributed by atoms with van der Waals surface area (Å²) in [5.41, 5.74) is 6.50. The largest absolute Gasteiger partial charge is 0.480 e. The quantitative estimate of drug-likeness (QED) is 0.0457. The van der Waals surface area contributed by atoms with Crippen molar-refractivity contribution in [3.8, 4) is 11.1 Å². The molecular weight excluding hydrogens is 893 g/mol. The average Bonchev–Trinajstić information content (AvgIpc) is 3.87. The number of likely N-dealkylation sites (N-methyl/N-ethyl adjacent to an activating group) is 1. The third-order valence-corrected chi connectivity index (χ3v) is 11.6. The number of amides is 4. The summed E-state index contributed by atoms with van der Waals surface area (Å²) in [4.78, 5) is 62.7. The number of carboxylic acids is 1. The first kappa shape index (κ1) is 54.0. The van der Waals surface area contributed by atoms with Crippen molar-refractivity contribution in [1.29, 1.82) is 0 Å². The summed E-state index contributed by atoms with van der Waals surface area (Å²) >= 11 is 0. The predicted molar refractivity (Wildman–Crippen MR) is 256 cm³/mol. The number of nitrogens with zero attached hydrogens (tertiary/aromatic N) is 4. The van der Waals surface area contributed by atoms with Gasteiger partial charge in [0.25, 0.3) is 0 Å². The summed E-state index contributed by atoms with van der Waals surface area (Å²) in [5, 5.41) is 18.7. The molecule has 0 saturated carbocycles. The van der Waals surface area contributed by atoms with E-state index in [4.69, 9.17) is 38.3 Å².